The molecule has 4 rings (SSSR count). The van der Waals surface area contributed by atoms with Crippen LogP contribution in [0.25, 0.3) is 21.8 Å². The average molecular weight is 523 g/mol. The van der Waals surface area contributed by atoms with Gasteiger partial charge < -0.3 is 14.8 Å². The van der Waals surface area contributed by atoms with E-state index >= 15 is 0 Å². The number of benzene rings is 2. The fourth-order valence-corrected chi connectivity index (χ4v) is 5.45. The lowest BCUT2D eigenvalue weighted by atomic mass is 9.78. The standard InChI is InChI=1S/C28H27ClN2O4S/c1-5-34-27(32)23-16(3)30-17(4)24(28(33)35-6-2)25(23)20-12-7-8-13-21(20)26-31-22(15-36-26)18-10-9-11-19(29)14-18/h7-15,25,30H,5-6H2,1-4H3. The molecule has 36 heavy (non-hydrogen) atoms. The van der Waals surface area contributed by atoms with Gasteiger partial charge in [-0.25, -0.2) is 14.6 Å². The van der Waals surface area contributed by atoms with Gasteiger partial charge in [0, 0.05) is 32.9 Å². The predicted octanol–water partition coefficient (Wildman–Crippen LogP) is 6.49. The summed E-state index contributed by atoms with van der Waals surface area (Å²) >= 11 is 7.68. The molecule has 6 nitrogen and oxygen atoms in total. The first-order valence-electron chi connectivity index (χ1n) is 11.7. The second-order valence-electron chi connectivity index (χ2n) is 8.21. The number of thiazole rings is 1. The zero-order valence-electron chi connectivity index (χ0n) is 20.6. The number of esters is 2. The van der Waals surface area contributed by atoms with Crippen molar-refractivity contribution in [1.82, 2.24) is 10.3 Å². The van der Waals surface area contributed by atoms with Gasteiger partial charge in [-0.05, 0) is 45.4 Å². The first-order chi connectivity index (χ1) is 17.3. The summed E-state index contributed by atoms with van der Waals surface area (Å²) in [7, 11) is 0. The Morgan fingerprint density at radius 3 is 2.22 bits per heavy atom. The summed E-state index contributed by atoms with van der Waals surface area (Å²) in [4.78, 5) is 31.2. The molecule has 8 heteroatoms. The maximum atomic E-state index is 13.2. The second kappa shape index (κ2) is 11.1. The number of aromatic nitrogens is 1. The molecule has 1 N–H and O–H groups in total. The van der Waals surface area contributed by atoms with Crippen molar-refractivity contribution in [3.63, 3.8) is 0 Å². The van der Waals surface area contributed by atoms with Crippen LogP contribution in [0.2, 0.25) is 5.02 Å². The molecule has 0 bridgehead atoms. The number of hydrogen-bond donors (Lipinski definition) is 1. The van der Waals surface area contributed by atoms with Crippen LogP contribution in [0.15, 0.2) is 76.5 Å². The second-order valence-corrected chi connectivity index (χ2v) is 9.51. The Balaban J connectivity index is 1.88. The number of ether oxygens (including phenoxy) is 2. The first kappa shape index (κ1) is 25.7. The molecule has 0 saturated heterocycles. The maximum absolute atomic E-state index is 13.2. The van der Waals surface area contributed by atoms with Crippen molar-refractivity contribution in [1.29, 1.82) is 0 Å². The number of nitrogens with zero attached hydrogens (tertiary/aromatic N) is 1. The van der Waals surface area contributed by atoms with Gasteiger partial charge in [0.05, 0.1) is 36.0 Å². The van der Waals surface area contributed by atoms with Crippen LogP contribution in [-0.2, 0) is 19.1 Å². The molecule has 1 aliphatic rings. The van der Waals surface area contributed by atoms with Gasteiger partial charge in [-0.3, -0.25) is 0 Å². The monoisotopic (exact) mass is 522 g/mol. The van der Waals surface area contributed by atoms with Gasteiger partial charge in [-0.2, -0.15) is 0 Å². The van der Waals surface area contributed by atoms with Crippen LogP contribution >= 0.6 is 22.9 Å². The summed E-state index contributed by atoms with van der Waals surface area (Å²) in [6, 6.07) is 15.2. The van der Waals surface area contributed by atoms with Gasteiger partial charge in [-0.15, -0.1) is 11.3 Å². The van der Waals surface area contributed by atoms with E-state index < -0.39 is 17.9 Å². The third-order valence-electron chi connectivity index (χ3n) is 5.88. The Kier molecular flexibility index (Phi) is 7.91. The van der Waals surface area contributed by atoms with Crippen molar-refractivity contribution in [2.45, 2.75) is 33.6 Å². The van der Waals surface area contributed by atoms with Gasteiger partial charge in [-0.1, -0.05) is 48.0 Å². The van der Waals surface area contributed by atoms with Crippen LogP contribution in [0.4, 0.5) is 0 Å². The summed E-state index contributed by atoms with van der Waals surface area (Å²) in [5.74, 6) is -1.63. The first-order valence-corrected chi connectivity index (χ1v) is 12.9. The summed E-state index contributed by atoms with van der Waals surface area (Å²) in [5.41, 5.74) is 5.34. The van der Waals surface area contributed by atoms with Crippen molar-refractivity contribution >= 4 is 34.9 Å². The number of dihydropyridines is 1. The normalized spacial score (nSPS) is 14.0. The third kappa shape index (κ3) is 5.08. The van der Waals surface area contributed by atoms with E-state index in [0.29, 0.717) is 27.6 Å². The summed E-state index contributed by atoms with van der Waals surface area (Å²) < 4.78 is 10.8. The van der Waals surface area contributed by atoms with Crippen LogP contribution in [-0.4, -0.2) is 30.1 Å². The molecule has 3 aromatic rings. The SMILES string of the molecule is CCOC(=O)C1=C(C)NC(C)=C(C(=O)OCC)C1c1ccccc1-c1nc(-c2cccc(Cl)c2)cs1. The molecule has 2 heterocycles. The lowest BCUT2D eigenvalue weighted by molar-refractivity contribution is -0.139. The summed E-state index contributed by atoms with van der Waals surface area (Å²) in [5, 5.41) is 6.55. The Morgan fingerprint density at radius 2 is 1.61 bits per heavy atom. The number of carbonyl (C=O) groups is 2. The van der Waals surface area contributed by atoms with Crippen LogP contribution in [0, 0.1) is 0 Å². The highest BCUT2D eigenvalue weighted by Gasteiger charge is 2.39. The van der Waals surface area contributed by atoms with Gasteiger partial charge in [0.1, 0.15) is 5.01 Å². The third-order valence-corrected chi connectivity index (χ3v) is 6.99. The Hall–Kier alpha value is -3.42. The van der Waals surface area contributed by atoms with Crippen molar-refractivity contribution < 1.29 is 19.1 Å². The van der Waals surface area contributed by atoms with E-state index in [1.807, 2.05) is 67.8 Å². The number of hydrogen-bond acceptors (Lipinski definition) is 7. The quantitative estimate of drug-likeness (QED) is 0.357. The zero-order valence-corrected chi connectivity index (χ0v) is 22.1. The van der Waals surface area contributed by atoms with E-state index in [0.717, 1.165) is 27.4 Å². The van der Waals surface area contributed by atoms with E-state index in [2.05, 4.69) is 5.32 Å². The molecule has 0 fully saturated rings. The van der Waals surface area contributed by atoms with Crippen molar-refractivity contribution in [2.24, 2.45) is 0 Å². The number of carbonyl (C=O) groups excluding carboxylic acids is 2. The van der Waals surface area contributed by atoms with Crippen LogP contribution in [0.5, 0.6) is 0 Å². The van der Waals surface area contributed by atoms with Crippen molar-refractivity contribution in [3.05, 3.63) is 87.0 Å². The highest BCUT2D eigenvalue weighted by Crippen LogP contribution is 2.44. The van der Waals surface area contributed by atoms with Gasteiger partial charge in [0.2, 0.25) is 0 Å². The fourth-order valence-electron chi connectivity index (χ4n) is 4.39. The fraction of sp³-hybridized carbons (Fsp3) is 0.250. The van der Waals surface area contributed by atoms with Gasteiger partial charge in [0.15, 0.2) is 0 Å². The molecule has 1 aliphatic heterocycles. The molecule has 2 aromatic carbocycles. The summed E-state index contributed by atoms with van der Waals surface area (Å²) in [6.07, 6.45) is 0. The Morgan fingerprint density at radius 1 is 0.972 bits per heavy atom. The minimum Gasteiger partial charge on any atom is -0.463 e. The highest BCUT2D eigenvalue weighted by molar-refractivity contribution is 7.13. The molecule has 0 radical (unpaired) electrons. The van der Waals surface area contributed by atoms with Crippen LogP contribution in [0.3, 0.4) is 0 Å². The molecule has 0 unspecified atom stereocenters. The molecular formula is C28H27ClN2O4S. The minimum atomic E-state index is -0.681. The van der Waals surface area contributed by atoms with E-state index in [1.165, 1.54) is 11.3 Å². The minimum absolute atomic E-state index is 0.219. The van der Waals surface area contributed by atoms with Gasteiger partial charge in [0.25, 0.3) is 0 Å². The average Bonchev–Trinajstić information content (AvgIpc) is 3.34. The highest BCUT2D eigenvalue weighted by atomic mass is 35.5. The topological polar surface area (TPSA) is 77.5 Å². The Labute approximate surface area is 219 Å². The van der Waals surface area contributed by atoms with E-state index in [-0.39, 0.29) is 13.2 Å². The van der Waals surface area contributed by atoms with Gasteiger partial charge >= 0.3 is 11.9 Å². The maximum Gasteiger partial charge on any atom is 0.336 e. The molecule has 186 valence electrons. The number of halogens is 1. The smallest absolute Gasteiger partial charge is 0.336 e. The number of allylic oxidation sites excluding steroid dienone is 2. The molecule has 0 saturated carbocycles. The molecule has 0 spiro atoms. The molecule has 0 aliphatic carbocycles. The zero-order chi connectivity index (χ0) is 25.8. The number of nitrogens with one attached hydrogen (secondary N) is 1. The van der Waals surface area contributed by atoms with E-state index in [9.17, 15) is 9.59 Å². The van der Waals surface area contributed by atoms with Crippen LogP contribution in [0.1, 0.15) is 39.2 Å². The van der Waals surface area contributed by atoms with Crippen molar-refractivity contribution in [2.75, 3.05) is 13.2 Å². The number of rotatable bonds is 7. The van der Waals surface area contributed by atoms with Crippen molar-refractivity contribution in [3.8, 4) is 21.8 Å². The Bertz CT molecular complexity index is 1340. The summed E-state index contributed by atoms with van der Waals surface area (Å²) in [6.45, 7) is 7.58. The molecule has 1 aromatic heterocycles. The molecular weight excluding hydrogens is 496 g/mol. The predicted molar refractivity (Wildman–Crippen MR) is 143 cm³/mol. The van der Waals surface area contributed by atoms with E-state index in [4.69, 9.17) is 26.1 Å². The van der Waals surface area contributed by atoms with E-state index in [1.54, 1.807) is 13.8 Å². The van der Waals surface area contributed by atoms with Crippen LogP contribution < -0.4 is 5.32 Å². The lowest BCUT2D eigenvalue weighted by Crippen LogP contribution is -2.32. The molecule has 0 atom stereocenters. The molecule has 0 amide bonds. The largest absolute Gasteiger partial charge is 0.463 e. The lowest BCUT2D eigenvalue weighted by Gasteiger charge is -2.31.